The molecule has 0 radical (unpaired) electrons. The van der Waals surface area contributed by atoms with E-state index in [1.54, 1.807) is 18.2 Å². The highest BCUT2D eigenvalue weighted by Crippen LogP contribution is 2.35. The molecule has 0 atom stereocenters. The zero-order chi connectivity index (χ0) is 18.4. The summed E-state index contributed by atoms with van der Waals surface area (Å²) in [6.45, 7) is 3.57. The fraction of sp³-hybridized carbons (Fsp3) is 0. The summed E-state index contributed by atoms with van der Waals surface area (Å²) in [4.78, 5) is 0. The van der Waals surface area contributed by atoms with Gasteiger partial charge in [0.1, 0.15) is 35.0 Å². The molecule has 1 aliphatic rings. The molecule has 2 aromatic rings. The van der Waals surface area contributed by atoms with Gasteiger partial charge in [0, 0.05) is 16.7 Å². The second-order valence-corrected chi connectivity index (χ2v) is 5.31. The summed E-state index contributed by atoms with van der Waals surface area (Å²) in [5.74, 6) is 1.79. The highest BCUT2D eigenvalue weighted by Gasteiger charge is 2.18. The molecule has 1 aliphatic heterocycles. The Hall–Kier alpha value is -4.02. The number of nitrogens with zero attached hydrogens (tertiary/aromatic N) is 2. The number of benzene rings is 2. The van der Waals surface area contributed by atoms with Gasteiger partial charge in [0.05, 0.1) is 6.26 Å². The van der Waals surface area contributed by atoms with Crippen LogP contribution in [0.1, 0.15) is 11.1 Å². The van der Waals surface area contributed by atoms with Crippen LogP contribution in [-0.2, 0) is 0 Å². The molecule has 124 valence electrons. The molecule has 0 spiro atoms. The van der Waals surface area contributed by atoms with Crippen LogP contribution in [0.4, 0.5) is 0 Å². The molecule has 3 rings (SSSR count). The minimum atomic E-state index is 0.0436. The maximum atomic E-state index is 9.25. The molecule has 26 heavy (non-hydrogen) atoms. The Labute approximate surface area is 151 Å². The number of rotatable bonds is 4. The van der Waals surface area contributed by atoms with Crippen LogP contribution in [0, 0.1) is 22.7 Å². The van der Waals surface area contributed by atoms with E-state index in [-0.39, 0.29) is 5.57 Å². The van der Waals surface area contributed by atoms with Crippen molar-refractivity contribution in [3.05, 3.63) is 96.0 Å². The predicted octanol–water partition coefficient (Wildman–Crippen LogP) is 5.00. The summed E-state index contributed by atoms with van der Waals surface area (Å²) < 4.78 is 11.3. The number of fused-ring (bicyclic) bond motifs is 1. The maximum Gasteiger partial charge on any atom is 0.137 e. The van der Waals surface area contributed by atoms with Gasteiger partial charge in [-0.05, 0) is 30.4 Å². The van der Waals surface area contributed by atoms with Gasteiger partial charge >= 0.3 is 0 Å². The van der Waals surface area contributed by atoms with Crippen LogP contribution < -0.4 is 9.47 Å². The van der Waals surface area contributed by atoms with Crippen LogP contribution in [0.5, 0.6) is 11.5 Å². The molecule has 0 aliphatic carbocycles. The van der Waals surface area contributed by atoms with Gasteiger partial charge in [0.2, 0.25) is 0 Å². The van der Waals surface area contributed by atoms with Gasteiger partial charge in [0.25, 0.3) is 0 Å². The van der Waals surface area contributed by atoms with Crippen LogP contribution in [0.25, 0.3) is 11.6 Å². The Morgan fingerprint density at radius 3 is 2.50 bits per heavy atom. The van der Waals surface area contributed by atoms with Gasteiger partial charge in [-0.25, -0.2) is 0 Å². The lowest BCUT2D eigenvalue weighted by molar-refractivity contribution is 0.439. The second-order valence-electron chi connectivity index (χ2n) is 5.31. The molecule has 0 amide bonds. The van der Waals surface area contributed by atoms with Crippen molar-refractivity contribution in [2.24, 2.45) is 0 Å². The molecule has 4 nitrogen and oxygen atoms in total. The SMILES string of the molecule is C=COc1ccccc1/C=C/C1=CC(=C(C#N)C#N)c2ccccc2O1. The molecular weight excluding hydrogens is 324 g/mol. The maximum absolute atomic E-state index is 9.25. The summed E-state index contributed by atoms with van der Waals surface area (Å²) in [7, 11) is 0. The fourth-order valence-electron chi connectivity index (χ4n) is 2.58. The molecule has 2 aromatic carbocycles. The minimum absolute atomic E-state index is 0.0436. The molecule has 0 N–H and O–H groups in total. The van der Waals surface area contributed by atoms with Crippen molar-refractivity contribution in [1.29, 1.82) is 10.5 Å². The Bertz CT molecular complexity index is 1010. The number of hydrogen-bond donors (Lipinski definition) is 0. The van der Waals surface area contributed by atoms with Gasteiger partial charge in [-0.3, -0.25) is 0 Å². The van der Waals surface area contributed by atoms with Crippen molar-refractivity contribution >= 4 is 11.6 Å². The molecule has 4 heteroatoms. The third kappa shape index (κ3) is 3.40. The average Bonchev–Trinajstić information content (AvgIpc) is 2.68. The summed E-state index contributed by atoms with van der Waals surface area (Å²) in [5, 5.41) is 18.5. The molecule has 0 aromatic heterocycles. The van der Waals surface area contributed by atoms with E-state index in [0.717, 1.165) is 11.1 Å². The number of hydrogen-bond acceptors (Lipinski definition) is 4. The van der Waals surface area contributed by atoms with E-state index in [1.165, 1.54) is 6.26 Å². The van der Waals surface area contributed by atoms with Crippen LogP contribution >= 0.6 is 0 Å². The quantitative estimate of drug-likeness (QED) is 0.581. The third-order valence-electron chi connectivity index (χ3n) is 3.74. The second kappa shape index (κ2) is 7.70. The van der Waals surface area contributed by atoms with Crippen molar-refractivity contribution in [3.63, 3.8) is 0 Å². The first kappa shape index (κ1) is 16.8. The molecule has 0 saturated carbocycles. The van der Waals surface area contributed by atoms with E-state index in [0.29, 0.717) is 22.8 Å². The summed E-state index contributed by atoms with van der Waals surface area (Å²) >= 11 is 0. The number of para-hydroxylation sites is 2. The van der Waals surface area contributed by atoms with Crippen molar-refractivity contribution in [2.45, 2.75) is 0 Å². The number of ether oxygens (including phenoxy) is 2. The number of nitriles is 2. The van der Waals surface area contributed by atoms with Crippen LogP contribution in [-0.4, -0.2) is 0 Å². The van der Waals surface area contributed by atoms with Crippen molar-refractivity contribution in [3.8, 4) is 23.6 Å². The van der Waals surface area contributed by atoms with E-state index in [2.05, 4.69) is 6.58 Å². The van der Waals surface area contributed by atoms with E-state index < -0.39 is 0 Å². The zero-order valence-electron chi connectivity index (χ0n) is 13.8. The first-order valence-electron chi connectivity index (χ1n) is 7.85. The van der Waals surface area contributed by atoms with Gasteiger partial charge in [-0.1, -0.05) is 43.0 Å². The van der Waals surface area contributed by atoms with Crippen LogP contribution in [0.2, 0.25) is 0 Å². The zero-order valence-corrected chi connectivity index (χ0v) is 13.8. The smallest absolute Gasteiger partial charge is 0.137 e. The van der Waals surface area contributed by atoms with E-state index in [4.69, 9.17) is 9.47 Å². The molecule has 0 unspecified atom stereocenters. The highest BCUT2D eigenvalue weighted by molar-refractivity contribution is 5.87. The Balaban J connectivity index is 2.02. The summed E-state index contributed by atoms with van der Waals surface area (Å²) in [6, 6.07) is 18.7. The normalized spacial score (nSPS) is 12.2. The lowest BCUT2D eigenvalue weighted by atomic mass is 9.97. The molecule has 0 bridgehead atoms. The average molecular weight is 338 g/mol. The Morgan fingerprint density at radius 1 is 1.00 bits per heavy atom. The van der Waals surface area contributed by atoms with Crippen molar-refractivity contribution in [1.82, 2.24) is 0 Å². The summed E-state index contributed by atoms with van der Waals surface area (Å²) in [6.07, 6.45) is 6.67. The van der Waals surface area contributed by atoms with Crippen LogP contribution in [0.15, 0.2) is 84.9 Å². The molecule has 0 saturated heterocycles. The standard InChI is InChI=1S/C22H14N2O2/c1-2-25-21-9-5-3-7-16(21)11-12-18-13-20(17(14-23)15-24)19-8-4-6-10-22(19)26-18/h2-13H,1H2/b12-11+. The van der Waals surface area contributed by atoms with E-state index >= 15 is 0 Å². The highest BCUT2D eigenvalue weighted by atomic mass is 16.5. The van der Waals surface area contributed by atoms with Gasteiger partial charge in [-0.15, -0.1) is 0 Å². The fourth-order valence-corrected chi connectivity index (χ4v) is 2.58. The largest absolute Gasteiger partial charge is 0.465 e. The van der Waals surface area contributed by atoms with Gasteiger partial charge in [-0.2, -0.15) is 10.5 Å². The molecule has 1 heterocycles. The van der Waals surface area contributed by atoms with Crippen molar-refractivity contribution in [2.75, 3.05) is 0 Å². The Morgan fingerprint density at radius 2 is 1.73 bits per heavy atom. The minimum Gasteiger partial charge on any atom is -0.465 e. The lowest BCUT2D eigenvalue weighted by Gasteiger charge is -2.18. The van der Waals surface area contributed by atoms with E-state index in [9.17, 15) is 10.5 Å². The van der Waals surface area contributed by atoms with Gasteiger partial charge in [0.15, 0.2) is 0 Å². The Kier molecular flexibility index (Phi) is 4.98. The lowest BCUT2D eigenvalue weighted by Crippen LogP contribution is -2.03. The molecular formula is C22H14N2O2. The van der Waals surface area contributed by atoms with Crippen molar-refractivity contribution < 1.29 is 9.47 Å². The van der Waals surface area contributed by atoms with E-state index in [1.807, 2.05) is 60.7 Å². The predicted molar refractivity (Wildman–Crippen MR) is 99.6 cm³/mol. The topological polar surface area (TPSA) is 66.0 Å². The monoisotopic (exact) mass is 338 g/mol. The third-order valence-corrected chi connectivity index (χ3v) is 3.74. The molecule has 0 fully saturated rings. The number of allylic oxidation sites excluding steroid dienone is 4. The summed E-state index contributed by atoms with van der Waals surface area (Å²) in [5.41, 5.74) is 2.16. The first-order chi connectivity index (χ1) is 12.8. The van der Waals surface area contributed by atoms with Crippen LogP contribution in [0.3, 0.4) is 0 Å². The van der Waals surface area contributed by atoms with Gasteiger partial charge < -0.3 is 9.47 Å². The first-order valence-corrected chi connectivity index (χ1v) is 7.85.